The van der Waals surface area contributed by atoms with Gasteiger partial charge < -0.3 is 0 Å². The lowest BCUT2D eigenvalue weighted by Crippen LogP contribution is -2.05. The van der Waals surface area contributed by atoms with Gasteiger partial charge in [0.1, 0.15) is 4.90 Å². The van der Waals surface area contributed by atoms with Gasteiger partial charge in [-0.05, 0) is 30.5 Å². The molecule has 0 fully saturated rings. The van der Waals surface area contributed by atoms with Crippen molar-refractivity contribution in [2.45, 2.75) is 9.79 Å². The molecule has 82 valence electrons. The molecular formula is C7H7F5S2. The van der Waals surface area contributed by atoms with Crippen molar-refractivity contribution in [2.24, 2.45) is 0 Å². The molecule has 0 saturated heterocycles. The average molecular weight is 250 g/mol. The molecule has 1 rings (SSSR count). The second-order valence-electron chi connectivity index (χ2n) is 2.64. The van der Waals surface area contributed by atoms with Crippen molar-refractivity contribution in [3.63, 3.8) is 0 Å². The predicted molar refractivity (Wildman–Crippen MR) is 49.6 cm³/mol. The van der Waals surface area contributed by atoms with E-state index < -0.39 is 15.1 Å². The van der Waals surface area contributed by atoms with Crippen molar-refractivity contribution < 1.29 is 19.4 Å². The van der Waals surface area contributed by atoms with Crippen LogP contribution in [0.15, 0.2) is 34.1 Å². The first kappa shape index (κ1) is 11.6. The molecule has 0 radical (unpaired) electrons. The van der Waals surface area contributed by atoms with Gasteiger partial charge in [-0.25, -0.2) is 0 Å². The first-order valence-corrected chi connectivity index (χ1v) is 6.59. The number of rotatable bonds is 2. The second-order valence-corrected chi connectivity index (χ2v) is 5.93. The molecule has 0 amide bonds. The third-order valence-electron chi connectivity index (χ3n) is 1.50. The first-order valence-electron chi connectivity index (χ1n) is 3.41. The predicted octanol–water partition coefficient (Wildman–Crippen LogP) is 5.07. The molecule has 0 spiro atoms. The number of halogens is 5. The van der Waals surface area contributed by atoms with Crippen molar-refractivity contribution >= 4 is 22.0 Å². The molecule has 0 aliphatic carbocycles. The topological polar surface area (TPSA) is 0 Å². The van der Waals surface area contributed by atoms with Crippen LogP contribution in [0.4, 0.5) is 19.4 Å². The minimum Gasteiger partial charge on any atom is -0.130 e. The summed E-state index contributed by atoms with van der Waals surface area (Å²) < 4.78 is 60.9. The molecule has 14 heavy (non-hydrogen) atoms. The zero-order valence-corrected chi connectivity index (χ0v) is 8.65. The number of hydrogen-bond acceptors (Lipinski definition) is 1. The van der Waals surface area contributed by atoms with Crippen LogP contribution in [0.2, 0.25) is 0 Å². The highest BCUT2D eigenvalue weighted by Gasteiger charge is 2.65. The van der Waals surface area contributed by atoms with Crippen LogP contribution in [-0.2, 0) is 0 Å². The molecule has 0 aliphatic rings. The van der Waals surface area contributed by atoms with E-state index in [1.165, 1.54) is 11.8 Å². The maximum absolute atomic E-state index is 12.2. The highest BCUT2D eigenvalue weighted by Crippen LogP contribution is 3.02. The Balaban J connectivity index is 3.24. The molecule has 0 saturated carbocycles. The Morgan fingerprint density at radius 2 is 1.36 bits per heavy atom. The molecule has 0 N–H and O–H groups in total. The van der Waals surface area contributed by atoms with Gasteiger partial charge in [0.15, 0.2) is 0 Å². The van der Waals surface area contributed by atoms with Crippen LogP contribution in [0.1, 0.15) is 0 Å². The molecule has 0 heterocycles. The van der Waals surface area contributed by atoms with Gasteiger partial charge in [-0.1, -0.05) is 19.4 Å². The van der Waals surface area contributed by atoms with E-state index in [1.54, 1.807) is 6.26 Å². The third kappa shape index (κ3) is 2.78. The summed E-state index contributed by atoms with van der Waals surface area (Å²) in [6.45, 7) is 0. The highest BCUT2D eigenvalue weighted by molar-refractivity contribution is 8.45. The summed E-state index contributed by atoms with van der Waals surface area (Å²) in [5, 5.41) is 0. The normalized spacial score (nSPS) is 17.3. The summed E-state index contributed by atoms with van der Waals surface area (Å²) in [5.74, 6) is 0. The third-order valence-corrected chi connectivity index (χ3v) is 3.41. The van der Waals surface area contributed by atoms with E-state index >= 15 is 0 Å². The fourth-order valence-corrected chi connectivity index (χ4v) is 1.89. The quantitative estimate of drug-likeness (QED) is 0.522. The summed E-state index contributed by atoms with van der Waals surface area (Å²) in [4.78, 5) is -1.33. The fourth-order valence-electron chi connectivity index (χ4n) is 0.833. The van der Waals surface area contributed by atoms with Gasteiger partial charge >= 0.3 is 10.2 Å². The second kappa shape index (κ2) is 2.57. The minimum absolute atomic E-state index is 0.410. The maximum atomic E-state index is 12.2. The largest absolute Gasteiger partial charge is 0.310 e. The summed E-state index contributed by atoms with van der Waals surface area (Å²) in [6.07, 6.45) is 1.65. The fraction of sp³-hybridized carbons (Fsp3) is 0.143. The van der Waals surface area contributed by atoms with Crippen molar-refractivity contribution in [3.8, 4) is 0 Å². The summed E-state index contributed by atoms with van der Waals surface area (Å²) in [6, 6.07) is 2.87. The zero-order valence-electron chi connectivity index (χ0n) is 7.02. The smallest absolute Gasteiger partial charge is 0.130 e. The van der Waals surface area contributed by atoms with Gasteiger partial charge in [-0.2, -0.15) is 0 Å². The van der Waals surface area contributed by atoms with Gasteiger partial charge in [0.25, 0.3) is 0 Å². The highest BCUT2D eigenvalue weighted by atomic mass is 32.5. The van der Waals surface area contributed by atoms with Crippen LogP contribution in [0.5, 0.6) is 0 Å². The first-order chi connectivity index (χ1) is 6.03. The summed E-state index contributed by atoms with van der Waals surface area (Å²) in [5.41, 5.74) is 0. The van der Waals surface area contributed by atoms with Crippen LogP contribution in [-0.4, -0.2) is 6.26 Å². The Hall–Kier alpha value is -0.430. The molecule has 0 aliphatic heterocycles. The van der Waals surface area contributed by atoms with Gasteiger partial charge in [-0.3, -0.25) is 0 Å². The van der Waals surface area contributed by atoms with E-state index in [0.717, 1.165) is 12.1 Å². The minimum atomic E-state index is -9.48. The molecule has 0 bridgehead atoms. The Kier molecular flexibility index (Phi) is 2.14. The zero-order chi connectivity index (χ0) is 11.1. The molecule has 0 nitrogen and oxygen atoms in total. The van der Waals surface area contributed by atoms with E-state index in [0.29, 0.717) is 17.0 Å². The molecule has 0 aromatic heterocycles. The molecule has 1 aromatic rings. The van der Waals surface area contributed by atoms with E-state index in [2.05, 4.69) is 0 Å². The van der Waals surface area contributed by atoms with Gasteiger partial charge in [0.2, 0.25) is 0 Å². The van der Waals surface area contributed by atoms with Gasteiger partial charge in [0, 0.05) is 4.90 Å². The molecule has 0 atom stereocenters. The molecule has 0 unspecified atom stereocenters. The Labute approximate surface area is 82.2 Å². The van der Waals surface area contributed by atoms with Crippen molar-refractivity contribution in [3.05, 3.63) is 24.3 Å². The van der Waals surface area contributed by atoms with Crippen LogP contribution < -0.4 is 0 Å². The molecular weight excluding hydrogens is 243 g/mol. The van der Waals surface area contributed by atoms with Gasteiger partial charge in [0.05, 0.1) is 0 Å². The maximum Gasteiger partial charge on any atom is 0.310 e. The van der Waals surface area contributed by atoms with Crippen LogP contribution in [0.25, 0.3) is 0 Å². The number of hydrogen-bond donors (Lipinski definition) is 0. The Morgan fingerprint density at radius 1 is 0.929 bits per heavy atom. The Morgan fingerprint density at radius 3 is 1.64 bits per heavy atom. The molecule has 7 heteroatoms. The van der Waals surface area contributed by atoms with E-state index in [-0.39, 0.29) is 0 Å². The summed E-state index contributed by atoms with van der Waals surface area (Å²) in [7, 11) is -9.48. The number of benzene rings is 1. The monoisotopic (exact) mass is 250 g/mol. The SMILES string of the molecule is CSc1ccc(S(F)(F)(F)(F)F)cc1. The molecule has 1 aromatic carbocycles. The number of thioether (sulfide) groups is 1. The van der Waals surface area contributed by atoms with Crippen LogP contribution in [0, 0.1) is 0 Å². The van der Waals surface area contributed by atoms with E-state index in [4.69, 9.17) is 0 Å². The lowest BCUT2D eigenvalue weighted by molar-refractivity contribution is 0.364. The van der Waals surface area contributed by atoms with Crippen molar-refractivity contribution in [2.75, 3.05) is 6.26 Å². The van der Waals surface area contributed by atoms with E-state index in [9.17, 15) is 19.4 Å². The lowest BCUT2D eigenvalue weighted by Gasteiger charge is -2.40. The van der Waals surface area contributed by atoms with E-state index in [1.807, 2.05) is 0 Å². The van der Waals surface area contributed by atoms with Crippen LogP contribution in [0.3, 0.4) is 0 Å². The van der Waals surface area contributed by atoms with Crippen molar-refractivity contribution in [1.29, 1.82) is 0 Å². The van der Waals surface area contributed by atoms with Gasteiger partial charge in [-0.15, -0.1) is 11.8 Å². The summed E-state index contributed by atoms with van der Waals surface area (Å²) >= 11 is 1.19. The average Bonchev–Trinajstić information content (AvgIpc) is 2.01. The van der Waals surface area contributed by atoms with Crippen LogP contribution >= 0.6 is 22.0 Å². The standard InChI is InChI=1S/C7H7F5S2/c1-13-6-2-4-7(5-3-6)14(8,9,10,11)12/h2-5H,1H3. The Bertz CT molecular complexity index is 337. The lowest BCUT2D eigenvalue weighted by atomic mass is 10.4. The van der Waals surface area contributed by atoms with Crippen molar-refractivity contribution in [1.82, 2.24) is 0 Å².